The van der Waals surface area contributed by atoms with E-state index >= 15 is 0 Å². The summed E-state index contributed by atoms with van der Waals surface area (Å²) in [5.41, 5.74) is 3.52. The van der Waals surface area contributed by atoms with E-state index in [0.29, 0.717) is 11.6 Å². The molecule has 0 aliphatic rings. The second-order valence-corrected chi connectivity index (χ2v) is 8.20. The minimum atomic E-state index is 0.639. The maximum Gasteiger partial charge on any atom is 0.162 e. The first kappa shape index (κ1) is 20.8. The van der Waals surface area contributed by atoms with Crippen LogP contribution in [0.2, 0.25) is 0 Å². The van der Waals surface area contributed by atoms with Gasteiger partial charge in [-0.25, -0.2) is 9.97 Å². The van der Waals surface area contributed by atoms with Crippen molar-refractivity contribution in [2.75, 3.05) is 5.32 Å². The van der Waals surface area contributed by atoms with Gasteiger partial charge >= 0.3 is 0 Å². The van der Waals surface area contributed by atoms with Gasteiger partial charge in [0.25, 0.3) is 0 Å². The lowest BCUT2D eigenvalue weighted by molar-refractivity contribution is 0.483. The van der Waals surface area contributed by atoms with Gasteiger partial charge in [-0.05, 0) is 58.4 Å². The molecule has 0 aliphatic carbocycles. The van der Waals surface area contributed by atoms with Crippen LogP contribution in [0.1, 0.15) is 0 Å². The molecule has 0 bridgehead atoms. The number of para-hydroxylation sites is 1. The van der Waals surface area contributed by atoms with E-state index in [1.165, 1.54) is 0 Å². The fraction of sp³-hybridized carbons (Fsp3) is 0. The van der Waals surface area contributed by atoms with Crippen LogP contribution in [0.15, 0.2) is 114 Å². The number of rotatable bonds is 6. The number of nitrogens with zero attached hydrogens (tertiary/aromatic N) is 3. The van der Waals surface area contributed by atoms with Crippen molar-refractivity contribution in [2.45, 2.75) is 0 Å². The van der Waals surface area contributed by atoms with Gasteiger partial charge in [0.2, 0.25) is 0 Å². The van der Waals surface area contributed by atoms with Crippen molar-refractivity contribution in [2.24, 2.45) is 0 Å². The number of ether oxygens (including phenoxy) is 1. The maximum atomic E-state index is 5.88. The Hall–Kier alpha value is -4.03. The Kier molecular flexibility index (Phi) is 6.08. The Bertz CT molecular complexity index is 1360. The van der Waals surface area contributed by atoms with Crippen molar-refractivity contribution in [1.82, 2.24) is 15.0 Å². The van der Waals surface area contributed by atoms with Crippen molar-refractivity contribution in [3.63, 3.8) is 0 Å². The first-order valence-corrected chi connectivity index (χ1v) is 11.2. The molecule has 0 saturated heterocycles. The van der Waals surface area contributed by atoms with E-state index in [9.17, 15) is 0 Å². The van der Waals surface area contributed by atoms with Crippen LogP contribution in [0.4, 0.5) is 11.5 Å². The SMILES string of the molecule is Brc1cncc(-c2cc(Nc3ccc(Oc4ccccc4)cc3)nc(-c3ccccc3)n2)c1. The minimum Gasteiger partial charge on any atom is -0.457 e. The quantitative estimate of drug-likeness (QED) is 0.264. The summed E-state index contributed by atoms with van der Waals surface area (Å²) in [5.74, 6) is 2.89. The molecule has 2 aromatic heterocycles. The molecule has 6 heteroatoms. The van der Waals surface area contributed by atoms with Crippen LogP contribution in [-0.4, -0.2) is 15.0 Å². The van der Waals surface area contributed by atoms with Crippen LogP contribution in [-0.2, 0) is 0 Å². The smallest absolute Gasteiger partial charge is 0.162 e. The first-order valence-electron chi connectivity index (χ1n) is 10.4. The second-order valence-electron chi connectivity index (χ2n) is 7.28. The van der Waals surface area contributed by atoms with Crippen molar-refractivity contribution in [3.05, 3.63) is 114 Å². The van der Waals surface area contributed by atoms with Crippen LogP contribution in [0.3, 0.4) is 0 Å². The number of hydrogen-bond acceptors (Lipinski definition) is 5. The predicted octanol–water partition coefficient (Wildman–Crippen LogP) is 7.50. The number of pyridine rings is 1. The molecule has 1 N–H and O–H groups in total. The topological polar surface area (TPSA) is 59.9 Å². The Morgan fingerprint density at radius 1 is 0.667 bits per heavy atom. The van der Waals surface area contributed by atoms with Gasteiger partial charge in [0.15, 0.2) is 5.82 Å². The van der Waals surface area contributed by atoms with Crippen LogP contribution < -0.4 is 10.1 Å². The Morgan fingerprint density at radius 3 is 2.09 bits per heavy atom. The molecule has 33 heavy (non-hydrogen) atoms. The number of nitrogens with one attached hydrogen (secondary N) is 1. The zero-order valence-corrected chi connectivity index (χ0v) is 19.1. The zero-order valence-electron chi connectivity index (χ0n) is 17.5. The molecule has 160 valence electrons. The molecular formula is C27H19BrN4O. The van der Waals surface area contributed by atoms with Gasteiger partial charge in [0.05, 0.1) is 5.69 Å². The van der Waals surface area contributed by atoms with Gasteiger partial charge < -0.3 is 10.1 Å². The number of hydrogen-bond donors (Lipinski definition) is 1. The Balaban J connectivity index is 1.45. The number of aromatic nitrogens is 3. The molecule has 0 radical (unpaired) electrons. The van der Waals surface area contributed by atoms with E-state index in [1.807, 2.05) is 97.1 Å². The molecule has 5 aromatic rings. The standard InChI is InChI=1S/C27H19BrN4O/c28-21-15-20(17-29-18-21)25-16-26(32-27(31-25)19-7-3-1-4-8-19)30-22-11-13-24(14-12-22)33-23-9-5-2-6-10-23/h1-18H,(H,30,31,32). The van der Waals surface area contributed by atoms with Crippen molar-refractivity contribution < 1.29 is 4.74 Å². The Labute approximate surface area is 200 Å². The fourth-order valence-electron chi connectivity index (χ4n) is 3.31. The summed E-state index contributed by atoms with van der Waals surface area (Å²) in [7, 11) is 0. The summed E-state index contributed by atoms with van der Waals surface area (Å²) >= 11 is 3.49. The average molecular weight is 495 g/mol. The molecule has 5 rings (SSSR count). The van der Waals surface area contributed by atoms with Crippen molar-refractivity contribution in [3.8, 4) is 34.1 Å². The lowest BCUT2D eigenvalue weighted by Gasteiger charge is -2.11. The summed E-state index contributed by atoms with van der Waals surface area (Å²) in [6.45, 7) is 0. The van der Waals surface area contributed by atoms with Gasteiger partial charge in [0.1, 0.15) is 17.3 Å². The molecule has 0 fully saturated rings. The van der Waals surface area contributed by atoms with Crippen LogP contribution >= 0.6 is 15.9 Å². The molecule has 0 spiro atoms. The van der Waals surface area contributed by atoms with Crippen molar-refractivity contribution >= 4 is 27.4 Å². The van der Waals surface area contributed by atoms with Crippen molar-refractivity contribution in [1.29, 1.82) is 0 Å². The van der Waals surface area contributed by atoms with Gasteiger partial charge in [0, 0.05) is 39.7 Å². The van der Waals surface area contributed by atoms with Crippen LogP contribution in [0.5, 0.6) is 11.5 Å². The van der Waals surface area contributed by atoms with E-state index in [-0.39, 0.29) is 0 Å². The van der Waals surface area contributed by atoms with E-state index in [0.717, 1.165) is 38.5 Å². The number of benzene rings is 3. The lowest BCUT2D eigenvalue weighted by Crippen LogP contribution is -1.99. The average Bonchev–Trinajstić information content (AvgIpc) is 2.86. The monoisotopic (exact) mass is 494 g/mol. The van der Waals surface area contributed by atoms with Crippen LogP contribution in [0.25, 0.3) is 22.6 Å². The molecule has 3 aromatic carbocycles. The third kappa shape index (κ3) is 5.25. The highest BCUT2D eigenvalue weighted by molar-refractivity contribution is 9.10. The summed E-state index contributed by atoms with van der Waals surface area (Å²) < 4.78 is 6.78. The van der Waals surface area contributed by atoms with E-state index in [2.05, 4.69) is 26.2 Å². The summed E-state index contributed by atoms with van der Waals surface area (Å²) in [5, 5.41) is 3.39. The normalized spacial score (nSPS) is 10.6. The molecular weight excluding hydrogens is 476 g/mol. The summed E-state index contributed by atoms with van der Waals surface area (Å²) in [6, 6.07) is 31.3. The maximum absolute atomic E-state index is 5.88. The molecule has 0 aliphatic heterocycles. The summed E-state index contributed by atoms with van der Waals surface area (Å²) in [6.07, 6.45) is 3.54. The van der Waals surface area contributed by atoms with Gasteiger partial charge in [-0.3, -0.25) is 4.98 Å². The van der Waals surface area contributed by atoms with Gasteiger partial charge in [-0.15, -0.1) is 0 Å². The largest absolute Gasteiger partial charge is 0.457 e. The van der Waals surface area contributed by atoms with E-state index in [4.69, 9.17) is 14.7 Å². The highest BCUT2D eigenvalue weighted by atomic mass is 79.9. The Morgan fingerprint density at radius 2 is 1.36 bits per heavy atom. The third-order valence-electron chi connectivity index (χ3n) is 4.86. The van der Waals surface area contributed by atoms with Crippen LogP contribution in [0, 0.1) is 0 Å². The molecule has 0 saturated carbocycles. The zero-order chi connectivity index (χ0) is 22.5. The molecule has 2 heterocycles. The van der Waals surface area contributed by atoms with Gasteiger partial charge in [-0.1, -0.05) is 48.5 Å². The number of halogens is 1. The predicted molar refractivity (Wildman–Crippen MR) is 135 cm³/mol. The van der Waals surface area contributed by atoms with Gasteiger partial charge in [-0.2, -0.15) is 0 Å². The van der Waals surface area contributed by atoms with E-state index in [1.54, 1.807) is 12.4 Å². The highest BCUT2D eigenvalue weighted by Crippen LogP contribution is 2.28. The first-order chi connectivity index (χ1) is 16.2. The second kappa shape index (κ2) is 9.63. The molecule has 0 amide bonds. The lowest BCUT2D eigenvalue weighted by atomic mass is 10.1. The molecule has 0 atom stereocenters. The molecule has 5 nitrogen and oxygen atoms in total. The fourth-order valence-corrected chi connectivity index (χ4v) is 3.67. The number of anilines is 2. The molecule has 0 unspecified atom stereocenters. The minimum absolute atomic E-state index is 0.639. The summed E-state index contributed by atoms with van der Waals surface area (Å²) in [4.78, 5) is 13.8. The highest BCUT2D eigenvalue weighted by Gasteiger charge is 2.10. The van der Waals surface area contributed by atoms with E-state index < -0.39 is 0 Å². The third-order valence-corrected chi connectivity index (χ3v) is 5.30.